The van der Waals surface area contributed by atoms with Crippen LogP contribution in [0, 0.1) is 0 Å². The highest BCUT2D eigenvalue weighted by molar-refractivity contribution is 6.15. The second-order valence-corrected chi connectivity index (χ2v) is 5.75. The first-order chi connectivity index (χ1) is 10.3. The normalized spacial score (nSPS) is 18.7. The highest BCUT2D eigenvalue weighted by Crippen LogP contribution is 2.42. The van der Waals surface area contributed by atoms with Crippen LogP contribution in [-0.2, 0) is 4.79 Å². The zero-order valence-corrected chi connectivity index (χ0v) is 11.3. The van der Waals surface area contributed by atoms with Gasteiger partial charge in [0.2, 0.25) is 0 Å². The van der Waals surface area contributed by atoms with Crippen LogP contribution in [0.2, 0.25) is 0 Å². The maximum atomic E-state index is 12.2. The fraction of sp³-hybridized carbons (Fsp3) is 0.0500. The summed E-state index contributed by atoms with van der Waals surface area (Å²) in [6.07, 6.45) is 7.84. The molecule has 0 saturated heterocycles. The number of ketones is 1. The Labute approximate surface area is 122 Å². The Hall–Kier alpha value is -2.67. The van der Waals surface area contributed by atoms with Gasteiger partial charge in [0.05, 0.1) is 5.92 Å². The summed E-state index contributed by atoms with van der Waals surface area (Å²) in [7, 11) is 0. The molecule has 0 heterocycles. The number of rotatable bonds is 0. The summed E-state index contributed by atoms with van der Waals surface area (Å²) < 4.78 is 0. The minimum atomic E-state index is -0.109. The van der Waals surface area contributed by atoms with Crippen LogP contribution >= 0.6 is 0 Å². The highest BCUT2D eigenvalue weighted by Gasteiger charge is 2.28. The van der Waals surface area contributed by atoms with Crippen molar-refractivity contribution in [2.24, 2.45) is 0 Å². The monoisotopic (exact) mass is 268 g/mol. The van der Waals surface area contributed by atoms with Crippen molar-refractivity contribution < 1.29 is 4.79 Å². The van der Waals surface area contributed by atoms with Gasteiger partial charge >= 0.3 is 0 Å². The van der Waals surface area contributed by atoms with Crippen LogP contribution in [0.4, 0.5) is 0 Å². The molecule has 0 bridgehead atoms. The fourth-order valence-corrected chi connectivity index (χ4v) is 3.70. The van der Waals surface area contributed by atoms with E-state index in [2.05, 4.69) is 54.6 Å². The van der Waals surface area contributed by atoms with Crippen molar-refractivity contribution >= 4 is 39.5 Å². The van der Waals surface area contributed by atoms with Crippen molar-refractivity contribution in [2.75, 3.05) is 0 Å². The molecule has 0 saturated carbocycles. The van der Waals surface area contributed by atoms with Gasteiger partial charge in [-0.25, -0.2) is 0 Å². The summed E-state index contributed by atoms with van der Waals surface area (Å²) in [5.41, 5.74) is 3.61. The summed E-state index contributed by atoms with van der Waals surface area (Å²) in [5.74, 6) is 0.0763. The number of hydrogen-bond donors (Lipinski definition) is 0. The molecule has 0 fully saturated rings. The zero-order valence-electron chi connectivity index (χ0n) is 11.3. The van der Waals surface area contributed by atoms with Crippen molar-refractivity contribution in [2.45, 2.75) is 5.92 Å². The summed E-state index contributed by atoms with van der Waals surface area (Å²) >= 11 is 0. The Morgan fingerprint density at radius 3 is 2.71 bits per heavy atom. The quantitative estimate of drug-likeness (QED) is 0.540. The Balaban J connectivity index is 2.06. The summed E-state index contributed by atoms with van der Waals surface area (Å²) in [4.78, 5) is 12.2. The number of hydrogen-bond acceptors (Lipinski definition) is 1. The first-order valence-electron chi connectivity index (χ1n) is 7.21. The van der Waals surface area contributed by atoms with Crippen LogP contribution in [0.15, 0.2) is 54.6 Å². The van der Waals surface area contributed by atoms with Gasteiger partial charge in [0, 0.05) is 0 Å². The molecule has 5 rings (SSSR count). The van der Waals surface area contributed by atoms with Crippen molar-refractivity contribution in [1.29, 1.82) is 0 Å². The molecule has 0 N–H and O–H groups in total. The summed E-state index contributed by atoms with van der Waals surface area (Å²) in [6.45, 7) is 0. The van der Waals surface area contributed by atoms with E-state index in [1.807, 2.05) is 6.08 Å². The Morgan fingerprint density at radius 2 is 1.76 bits per heavy atom. The average Bonchev–Trinajstić information content (AvgIpc) is 2.54. The van der Waals surface area contributed by atoms with Crippen LogP contribution in [-0.4, -0.2) is 5.78 Å². The molecule has 0 spiro atoms. The summed E-state index contributed by atoms with van der Waals surface area (Å²) in [6, 6.07) is 15.0. The molecule has 0 radical (unpaired) electrons. The molecule has 0 aliphatic heterocycles. The largest absolute Gasteiger partial charge is 0.294 e. The number of carbonyl (C=O) groups is 1. The molecule has 1 unspecified atom stereocenters. The van der Waals surface area contributed by atoms with Gasteiger partial charge in [0.1, 0.15) is 0 Å². The smallest absolute Gasteiger partial charge is 0.166 e. The summed E-state index contributed by atoms with van der Waals surface area (Å²) in [5, 5.41) is 4.98. The second-order valence-electron chi connectivity index (χ2n) is 5.75. The third kappa shape index (κ3) is 1.33. The van der Waals surface area contributed by atoms with Crippen molar-refractivity contribution in [1.82, 2.24) is 0 Å². The van der Waals surface area contributed by atoms with Crippen LogP contribution in [0.1, 0.15) is 22.6 Å². The maximum Gasteiger partial charge on any atom is 0.166 e. The molecule has 1 heteroatoms. The molecular formula is C20H12O. The zero-order chi connectivity index (χ0) is 14.0. The van der Waals surface area contributed by atoms with E-state index in [-0.39, 0.29) is 11.7 Å². The number of carbonyl (C=O) groups excluding carboxylic acids is 1. The van der Waals surface area contributed by atoms with Crippen LogP contribution in [0.3, 0.4) is 0 Å². The van der Waals surface area contributed by atoms with Gasteiger partial charge in [0.15, 0.2) is 5.78 Å². The van der Waals surface area contributed by atoms with E-state index < -0.39 is 0 Å². The number of benzene rings is 3. The van der Waals surface area contributed by atoms with E-state index in [9.17, 15) is 4.79 Å². The first-order valence-corrected chi connectivity index (χ1v) is 7.21. The van der Waals surface area contributed by atoms with E-state index in [1.165, 1.54) is 38.2 Å². The lowest BCUT2D eigenvalue weighted by molar-refractivity contribution is -0.115. The van der Waals surface area contributed by atoms with Crippen molar-refractivity contribution in [3.05, 3.63) is 71.3 Å². The van der Waals surface area contributed by atoms with E-state index in [0.717, 1.165) is 0 Å². The van der Waals surface area contributed by atoms with Crippen LogP contribution in [0.25, 0.3) is 33.7 Å². The van der Waals surface area contributed by atoms with Gasteiger partial charge in [-0.1, -0.05) is 54.6 Å². The van der Waals surface area contributed by atoms with Gasteiger partial charge in [-0.2, -0.15) is 0 Å². The lowest BCUT2D eigenvalue weighted by Crippen LogP contribution is -2.15. The molecule has 0 amide bonds. The molecule has 2 aliphatic carbocycles. The third-order valence-electron chi connectivity index (χ3n) is 4.64. The van der Waals surface area contributed by atoms with Gasteiger partial charge in [-0.05, 0) is 50.4 Å². The molecule has 2 aliphatic rings. The molecule has 1 nitrogen and oxygen atoms in total. The Kier molecular flexibility index (Phi) is 1.95. The number of fused-ring (bicyclic) bond motifs is 2. The SMILES string of the molecule is O=C1C=Cc2ccc3cc4ccccc4c4c3c2C1C=C4. The van der Waals surface area contributed by atoms with E-state index >= 15 is 0 Å². The maximum absolute atomic E-state index is 12.2. The van der Waals surface area contributed by atoms with Crippen LogP contribution in [0.5, 0.6) is 0 Å². The van der Waals surface area contributed by atoms with Crippen molar-refractivity contribution in [3.63, 3.8) is 0 Å². The van der Waals surface area contributed by atoms with E-state index in [0.29, 0.717) is 0 Å². The van der Waals surface area contributed by atoms with Gasteiger partial charge in [0.25, 0.3) is 0 Å². The minimum absolute atomic E-state index is 0.109. The van der Waals surface area contributed by atoms with E-state index in [1.54, 1.807) is 6.08 Å². The Morgan fingerprint density at radius 1 is 0.857 bits per heavy atom. The minimum Gasteiger partial charge on any atom is -0.294 e. The average molecular weight is 268 g/mol. The third-order valence-corrected chi connectivity index (χ3v) is 4.64. The molecule has 1 atom stereocenters. The molecule has 3 aromatic carbocycles. The lowest BCUT2D eigenvalue weighted by atomic mass is 9.77. The van der Waals surface area contributed by atoms with Crippen molar-refractivity contribution in [3.8, 4) is 0 Å². The van der Waals surface area contributed by atoms with Gasteiger partial charge < -0.3 is 0 Å². The molecule has 0 aromatic heterocycles. The molecular weight excluding hydrogens is 256 g/mol. The fourth-order valence-electron chi connectivity index (χ4n) is 3.70. The standard InChI is InChI=1S/C20H12O/c21-18-10-7-12-5-6-14-11-13-3-1-2-4-15(13)16-8-9-17(18)19(12)20(14)16/h1-11,17H. The second kappa shape index (κ2) is 3.70. The molecule has 98 valence electrons. The highest BCUT2D eigenvalue weighted by atomic mass is 16.1. The molecule has 3 aromatic rings. The first kappa shape index (κ1) is 11.0. The predicted molar refractivity (Wildman–Crippen MR) is 87.3 cm³/mol. The van der Waals surface area contributed by atoms with Gasteiger partial charge in [-0.15, -0.1) is 0 Å². The Bertz CT molecular complexity index is 1010. The number of allylic oxidation sites excluding steroid dienone is 2. The van der Waals surface area contributed by atoms with Gasteiger partial charge in [-0.3, -0.25) is 4.79 Å². The topological polar surface area (TPSA) is 17.1 Å². The lowest BCUT2D eigenvalue weighted by Gasteiger charge is -2.25. The van der Waals surface area contributed by atoms with Crippen LogP contribution < -0.4 is 0 Å². The van der Waals surface area contributed by atoms with E-state index in [4.69, 9.17) is 0 Å². The molecule has 21 heavy (non-hydrogen) atoms. The predicted octanol–water partition coefficient (Wildman–Crippen LogP) is 4.70.